The van der Waals surface area contributed by atoms with Gasteiger partial charge in [-0.05, 0) is 49.9 Å². The Morgan fingerprint density at radius 1 is 1.47 bits per heavy atom. The van der Waals surface area contributed by atoms with Gasteiger partial charge in [0.25, 0.3) is 0 Å². The van der Waals surface area contributed by atoms with Gasteiger partial charge in [0.05, 0.1) is 0 Å². The van der Waals surface area contributed by atoms with Crippen LogP contribution in [0, 0.1) is 5.92 Å². The molecule has 19 heavy (non-hydrogen) atoms. The molecule has 0 amide bonds. The quantitative estimate of drug-likeness (QED) is 0.888. The molecular formula is C15H22BrClN2. The van der Waals surface area contributed by atoms with Crippen molar-refractivity contribution in [1.82, 2.24) is 4.90 Å². The summed E-state index contributed by atoms with van der Waals surface area (Å²) in [5.74, 6) is 0.818. The second kappa shape index (κ2) is 6.57. The highest BCUT2D eigenvalue weighted by Gasteiger charge is 2.29. The van der Waals surface area contributed by atoms with Crippen LogP contribution in [0.4, 0.5) is 0 Å². The van der Waals surface area contributed by atoms with Crippen molar-refractivity contribution < 1.29 is 0 Å². The van der Waals surface area contributed by atoms with Crippen molar-refractivity contribution in [2.24, 2.45) is 11.7 Å². The van der Waals surface area contributed by atoms with E-state index in [9.17, 15) is 0 Å². The fraction of sp³-hybridized carbons (Fsp3) is 0.600. The summed E-state index contributed by atoms with van der Waals surface area (Å²) in [6.07, 6.45) is 2.51. The zero-order chi connectivity index (χ0) is 14.0. The van der Waals surface area contributed by atoms with E-state index >= 15 is 0 Å². The Labute approximate surface area is 129 Å². The van der Waals surface area contributed by atoms with Gasteiger partial charge in [-0.2, -0.15) is 0 Å². The van der Waals surface area contributed by atoms with E-state index in [-0.39, 0.29) is 6.04 Å². The molecule has 1 aliphatic heterocycles. The first-order valence-electron chi connectivity index (χ1n) is 6.93. The SMILES string of the molecule is CC1CCN(C(CN)c2ccc(Cl)cc2Br)C(C)C1. The second-order valence-electron chi connectivity index (χ2n) is 5.63. The number of likely N-dealkylation sites (tertiary alicyclic amines) is 1. The smallest absolute Gasteiger partial charge is 0.0484 e. The van der Waals surface area contributed by atoms with Crippen molar-refractivity contribution in [3.8, 4) is 0 Å². The Morgan fingerprint density at radius 2 is 2.21 bits per heavy atom. The summed E-state index contributed by atoms with van der Waals surface area (Å²) < 4.78 is 1.06. The van der Waals surface area contributed by atoms with Gasteiger partial charge in [-0.3, -0.25) is 4.90 Å². The maximum atomic E-state index is 6.04. The molecule has 0 saturated carbocycles. The second-order valence-corrected chi connectivity index (χ2v) is 6.92. The van der Waals surface area contributed by atoms with Gasteiger partial charge in [0.1, 0.15) is 0 Å². The van der Waals surface area contributed by atoms with Gasteiger partial charge in [0.2, 0.25) is 0 Å². The molecule has 106 valence electrons. The monoisotopic (exact) mass is 344 g/mol. The highest BCUT2D eigenvalue weighted by atomic mass is 79.9. The predicted molar refractivity (Wildman–Crippen MR) is 85.5 cm³/mol. The predicted octanol–water partition coefficient (Wildman–Crippen LogP) is 4.22. The van der Waals surface area contributed by atoms with Crippen molar-refractivity contribution >= 4 is 27.5 Å². The average molecular weight is 346 g/mol. The van der Waals surface area contributed by atoms with Gasteiger partial charge in [0, 0.05) is 28.1 Å². The van der Waals surface area contributed by atoms with Crippen LogP contribution in [0.3, 0.4) is 0 Å². The molecule has 2 rings (SSSR count). The van der Waals surface area contributed by atoms with E-state index in [1.165, 1.54) is 18.4 Å². The number of hydrogen-bond donors (Lipinski definition) is 1. The van der Waals surface area contributed by atoms with Crippen molar-refractivity contribution in [3.05, 3.63) is 33.3 Å². The summed E-state index contributed by atoms with van der Waals surface area (Å²) in [4.78, 5) is 2.54. The number of nitrogens with two attached hydrogens (primary N) is 1. The molecule has 1 saturated heterocycles. The largest absolute Gasteiger partial charge is 0.329 e. The lowest BCUT2D eigenvalue weighted by atomic mass is 9.90. The van der Waals surface area contributed by atoms with E-state index in [1.807, 2.05) is 12.1 Å². The molecule has 0 spiro atoms. The first kappa shape index (κ1) is 15.3. The molecule has 1 aromatic rings. The minimum Gasteiger partial charge on any atom is -0.329 e. The molecule has 2 N–H and O–H groups in total. The van der Waals surface area contributed by atoms with Crippen LogP contribution >= 0.6 is 27.5 Å². The van der Waals surface area contributed by atoms with Crippen LogP contribution < -0.4 is 5.73 Å². The molecule has 1 aromatic carbocycles. The topological polar surface area (TPSA) is 29.3 Å². The summed E-state index contributed by atoms with van der Waals surface area (Å²) in [6, 6.07) is 6.85. The van der Waals surface area contributed by atoms with Crippen LogP contribution in [-0.2, 0) is 0 Å². The molecule has 2 nitrogen and oxygen atoms in total. The lowest BCUT2D eigenvalue weighted by Crippen LogP contribution is -2.45. The van der Waals surface area contributed by atoms with E-state index in [1.54, 1.807) is 0 Å². The minimum atomic E-state index is 0.272. The van der Waals surface area contributed by atoms with E-state index in [4.69, 9.17) is 17.3 Å². The average Bonchev–Trinajstić information content (AvgIpc) is 2.34. The Hall–Kier alpha value is -0.0900. The number of hydrogen-bond acceptors (Lipinski definition) is 2. The zero-order valence-electron chi connectivity index (χ0n) is 11.6. The number of piperidine rings is 1. The molecule has 4 heteroatoms. The third kappa shape index (κ3) is 3.52. The Balaban J connectivity index is 2.24. The summed E-state index contributed by atoms with van der Waals surface area (Å²) in [6.45, 7) is 6.41. The molecule has 1 heterocycles. The maximum Gasteiger partial charge on any atom is 0.0484 e. The van der Waals surface area contributed by atoms with Crippen LogP contribution in [0.2, 0.25) is 5.02 Å². The highest BCUT2D eigenvalue weighted by Crippen LogP contribution is 2.34. The number of benzene rings is 1. The van der Waals surface area contributed by atoms with Crippen LogP contribution in [0.1, 0.15) is 38.3 Å². The van der Waals surface area contributed by atoms with E-state index in [0.717, 1.165) is 22.0 Å². The summed E-state index contributed by atoms with van der Waals surface area (Å²) in [5.41, 5.74) is 7.29. The summed E-state index contributed by atoms with van der Waals surface area (Å²) in [5, 5.41) is 0.756. The third-order valence-corrected chi connectivity index (χ3v) is 5.06. The molecule has 0 bridgehead atoms. The lowest BCUT2D eigenvalue weighted by Gasteiger charge is -2.42. The summed E-state index contributed by atoms with van der Waals surface area (Å²) >= 11 is 9.64. The van der Waals surface area contributed by atoms with Gasteiger partial charge < -0.3 is 5.73 Å². The molecule has 3 atom stereocenters. The van der Waals surface area contributed by atoms with Crippen molar-refractivity contribution in [2.45, 2.75) is 38.8 Å². The Bertz CT molecular complexity index is 438. The fourth-order valence-electron chi connectivity index (χ4n) is 3.10. The van der Waals surface area contributed by atoms with Crippen molar-refractivity contribution in [3.63, 3.8) is 0 Å². The number of nitrogens with zero attached hydrogens (tertiary/aromatic N) is 1. The van der Waals surface area contributed by atoms with Crippen LogP contribution in [-0.4, -0.2) is 24.0 Å². The van der Waals surface area contributed by atoms with Gasteiger partial charge in [-0.15, -0.1) is 0 Å². The van der Waals surface area contributed by atoms with E-state index < -0.39 is 0 Å². The Morgan fingerprint density at radius 3 is 2.79 bits per heavy atom. The third-order valence-electron chi connectivity index (χ3n) is 4.13. The molecule has 3 unspecified atom stereocenters. The molecular weight excluding hydrogens is 324 g/mol. The molecule has 0 aliphatic carbocycles. The minimum absolute atomic E-state index is 0.272. The fourth-order valence-corrected chi connectivity index (χ4v) is 4.05. The van der Waals surface area contributed by atoms with Gasteiger partial charge in [-0.1, -0.05) is 40.5 Å². The molecule has 0 aromatic heterocycles. The first-order valence-corrected chi connectivity index (χ1v) is 8.10. The zero-order valence-corrected chi connectivity index (χ0v) is 13.9. The van der Waals surface area contributed by atoms with Crippen molar-refractivity contribution in [2.75, 3.05) is 13.1 Å². The standard InChI is InChI=1S/C15H22BrClN2/c1-10-5-6-19(11(2)7-10)15(9-18)13-4-3-12(17)8-14(13)16/h3-4,8,10-11,15H,5-7,9,18H2,1-2H3. The van der Waals surface area contributed by atoms with Crippen LogP contribution in [0.5, 0.6) is 0 Å². The lowest BCUT2D eigenvalue weighted by molar-refractivity contribution is 0.0844. The Kier molecular flexibility index (Phi) is 5.29. The normalized spacial score (nSPS) is 26.4. The molecule has 1 fully saturated rings. The molecule has 0 radical (unpaired) electrons. The van der Waals surface area contributed by atoms with Crippen LogP contribution in [0.15, 0.2) is 22.7 Å². The van der Waals surface area contributed by atoms with E-state index in [2.05, 4.69) is 40.7 Å². The highest BCUT2D eigenvalue weighted by molar-refractivity contribution is 9.10. The van der Waals surface area contributed by atoms with Gasteiger partial charge >= 0.3 is 0 Å². The number of halogens is 2. The summed E-state index contributed by atoms with van der Waals surface area (Å²) in [7, 11) is 0. The van der Waals surface area contributed by atoms with Crippen molar-refractivity contribution in [1.29, 1.82) is 0 Å². The van der Waals surface area contributed by atoms with Gasteiger partial charge in [0.15, 0.2) is 0 Å². The van der Waals surface area contributed by atoms with Gasteiger partial charge in [-0.25, -0.2) is 0 Å². The maximum absolute atomic E-state index is 6.04. The van der Waals surface area contributed by atoms with Crippen LogP contribution in [0.25, 0.3) is 0 Å². The molecule has 1 aliphatic rings. The first-order chi connectivity index (χ1) is 9.02. The number of rotatable bonds is 3. The van der Waals surface area contributed by atoms with E-state index in [0.29, 0.717) is 12.6 Å².